The molecule has 1 amide bonds. The summed E-state index contributed by atoms with van der Waals surface area (Å²) in [5.74, 6) is 1.39. The zero-order valence-corrected chi connectivity index (χ0v) is 13.0. The first kappa shape index (κ1) is 15.1. The molecular formula is C18H23NO3. The van der Waals surface area contributed by atoms with Crippen LogP contribution in [0.2, 0.25) is 0 Å². The lowest BCUT2D eigenvalue weighted by Gasteiger charge is -2.31. The number of hydrogen-bond donors (Lipinski definition) is 0. The highest BCUT2D eigenvalue weighted by molar-refractivity contribution is 5.94. The van der Waals surface area contributed by atoms with Gasteiger partial charge in [0.25, 0.3) is 5.91 Å². The third-order valence-corrected chi connectivity index (χ3v) is 4.59. The van der Waals surface area contributed by atoms with Crippen molar-refractivity contribution in [3.8, 4) is 5.75 Å². The molecule has 1 aromatic carbocycles. The minimum Gasteiger partial charge on any atom is -0.490 e. The standard InChI is InChI=1S/C18H23NO3/c1-3-9-22-16-7-5-13(6-8-16)18(20)19-12-14-10-15(19)11-17(14)21-4-2/h3,5-8,14-15,17H,1,4,9-12H2,2H3/t14?,15?,17-/m0/s1. The van der Waals surface area contributed by atoms with E-state index in [9.17, 15) is 4.79 Å². The van der Waals surface area contributed by atoms with Crippen LogP contribution < -0.4 is 4.74 Å². The predicted molar refractivity (Wildman–Crippen MR) is 85.1 cm³/mol. The molecule has 2 bridgehead atoms. The van der Waals surface area contributed by atoms with Crippen LogP contribution in [0.3, 0.4) is 0 Å². The molecule has 22 heavy (non-hydrogen) atoms. The number of amides is 1. The second kappa shape index (κ2) is 6.53. The number of rotatable bonds is 6. The smallest absolute Gasteiger partial charge is 0.254 e. The van der Waals surface area contributed by atoms with Gasteiger partial charge in [0.1, 0.15) is 12.4 Å². The lowest BCUT2D eigenvalue weighted by molar-refractivity contribution is 0.00756. The van der Waals surface area contributed by atoms with Crippen LogP contribution in [-0.2, 0) is 4.74 Å². The number of carbonyl (C=O) groups excluding carboxylic acids is 1. The van der Waals surface area contributed by atoms with Gasteiger partial charge in [0, 0.05) is 30.7 Å². The Kier molecular flexibility index (Phi) is 4.48. The van der Waals surface area contributed by atoms with E-state index in [1.165, 1.54) is 0 Å². The van der Waals surface area contributed by atoms with E-state index in [0.717, 1.165) is 37.3 Å². The van der Waals surface area contributed by atoms with Crippen molar-refractivity contribution in [3.05, 3.63) is 42.5 Å². The van der Waals surface area contributed by atoms with Crippen LogP contribution in [0.4, 0.5) is 0 Å². The lowest BCUT2D eigenvalue weighted by atomic mass is 10.0. The molecule has 0 radical (unpaired) electrons. The monoisotopic (exact) mass is 301 g/mol. The van der Waals surface area contributed by atoms with Crippen LogP contribution in [0, 0.1) is 5.92 Å². The molecule has 4 nitrogen and oxygen atoms in total. The van der Waals surface area contributed by atoms with Crippen LogP contribution in [0.5, 0.6) is 5.75 Å². The highest BCUT2D eigenvalue weighted by Gasteiger charge is 2.46. The van der Waals surface area contributed by atoms with Crippen molar-refractivity contribution < 1.29 is 14.3 Å². The summed E-state index contributed by atoms with van der Waals surface area (Å²) in [7, 11) is 0. The Bertz CT molecular complexity index is 540. The minimum absolute atomic E-state index is 0.123. The average Bonchev–Trinajstić information content (AvgIpc) is 3.13. The molecule has 1 heterocycles. The van der Waals surface area contributed by atoms with E-state index in [0.29, 0.717) is 24.7 Å². The maximum absolute atomic E-state index is 12.7. The number of benzene rings is 1. The Morgan fingerprint density at radius 3 is 2.73 bits per heavy atom. The zero-order valence-electron chi connectivity index (χ0n) is 13.0. The van der Waals surface area contributed by atoms with Crippen molar-refractivity contribution in [1.29, 1.82) is 0 Å². The van der Waals surface area contributed by atoms with Crippen molar-refractivity contribution in [2.45, 2.75) is 31.9 Å². The van der Waals surface area contributed by atoms with Crippen molar-refractivity contribution in [1.82, 2.24) is 4.90 Å². The van der Waals surface area contributed by atoms with E-state index in [1.54, 1.807) is 6.08 Å². The molecule has 3 rings (SSSR count). The van der Waals surface area contributed by atoms with Gasteiger partial charge in [-0.25, -0.2) is 0 Å². The number of likely N-dealkylation sites (tertiary alicyclic amines) is 1. The molecule has 4 heteroatoms. The van der Waals surface area contributed by atoms with Crippen molar-refractivity contribution in [3.63, 3.8) is 0 Å². The molecule has 1 saturated carbocycles. The second-order valence-electron chi connectivity index (χ2n) is 5.96. The normalized spacial score (nSPS) is 26.2. The maximum atomic E-state index is 12.7. The first-order valence-electron chi connectivity index (χ1n) is 7.99. The summed E-state index contributed by atoms with van der Waals surface area (Å²) in [5.41, 5.74) is 0.728. The minimum atomic E-state index is 0.123. The van der Waals surface area contributed by atoms with Crippen LogP contribution >= 0.6 is 0 Å². The summed E-state index contributed by atoms with van der Waals surface area (Å²) in [6.07, 6.45) is 4.10. The third-order valence-electron chi connectivity index (χ3n) is 4.59. The van der Waals surface area contributed by atoms with E-state index >= 15 is 0 Å². The lowest BCUT2D eigenvalue weighted by Crippen LogP contribution is -2.42. The Morgan fingerprint density at radius 1 is 1.36 bits per heavy atom. The molecule has 0 aromatic heterocycles. The molecular weight excluding hydrogens is 278 g/mol. The summed E-state index contributed by atoms with van der Waals surface area (Å²) in [6, 6.07) is 7.70. The van der Waals surface area contributed by atoms with Gasteiger partial charge in [0.15, 0.2) is 0 Å². The van der Waals surface area contributed by atoms with Gasteiger partial charge in [-0.2, -0.15) is 0 Å². The van der Waals surface area contributed by atoms with Crippen molar-refractivity contribution >= 4 is 5.91 Å². The summed E-state index contributed by atoms with van der Waals surface area (Å²) >= 11 is 0. The Morgan fingerprint density at radius 2 is 2.14 bits per heavy atom. The van der Waals surface area contributed by atoms with Crippen LogP contribution in [0.1, 0.15) is 30.1 Å². The first-order valence-corrected chi connectivity index (χ1v) is 7.99. The summed E-state index contributed by atoms with van der Waals surface area (Å²) in [6.45, 7) is 7.71. The fourth-order valence-corrected chi connectivity index (χ4v) is 3.59. The summed E-state index contributed by atoms with van der Waals surface area (Å²) in [4.78, 5) is 14.7. The third kappa shape index (κ3) is 2.88. The van der Waals surface area contributed by atoms with Gasteiger partial charge < -0.3 is 14.4 Å². The number of fused-ring (bicyclic) bond motifs is 2. The molecule has 2 unspecified atom stereocenters. The number of ether oxygens (including phenoxy) is 2. The first-order chi connectivity index (χ1) is 10.7. The molecule has 0 spiro atoms. The topological polar surface area (TPSA) is 38.8 Å². The van der Waals surface area contributed by atoms with Gasteiger partial charge in [-0.05, 0) is 44.0 Å². The Hall–Kier alpha value is -1.81. The van der Waals surface area contributed by atoms with Gasteiger partial charge in [0.2, 0.25) is 0 Å². The fraction of sp³-hybridized carbons (Fsp3) is 0.500. The van der Waals surface area contributed by atoms with E-state index in [4.69, 9.17) is 9.47 Å². The van der Waals surface area contributed by atoms with E-state index < -0.39 is 0 Å². The van der Waals surface area contributed by atoms with Gasteiger partial charge in [-0.1, -0.05) is 12.7 Å². The quantitative estimate of drug-likeness (QED) is 0.758. The largest absolute Gasteiger partial charge is 0.490 e. The van der Waals surface area contributed by atoms with Gasteiger partial charge in [-0.3, -0.25) is 4.79 Å². The molecule has 3 atom stereocenters. The number of piperidine rings is 1. The SMILES string of the molecule is C=CCOc1ccc(C(=O)N2CC3CC2C[C@@H]3OCC)cc1. The highest BCUT2D eigenvalue weighted by Crippen LogP contribution is 2.40. The van der Waals surface area contributed by atoms with Gasteiger partial charge in [0.05, 0.1) is 6.10 Å². The fourth-order valence-electron chi connectivity index (χ4n) is 3.59. The summed E-state index contributed by atoms with van der Waals surface area (Å²) < 4.78 is 11.2. The second-order valence-corrected chi connectivity index (χ2v) is 5.96. The molecule has 1 aliphatic carbocycles. The van der Waals surface area contributed by atoms with E-state index in [1.807, 2.05) is 36.1 Å². The van der Waals surface area contributed by atoms with E-state index in [-0.39, 0.29) is 5.91 Å². The Labute approximate surface area is 131 Å². The predicted octanol–water partition coefficient (Wildman–Crippen LogP) is 2.89. The molecule has 1 aliphatic heterocycles. The van der Waals surface area contributed by atoms with Crippen LogP contribution in [0.15, 0.2) is 36.9 Å². The zero-order chi connectivity index (χ0) is 15.5. The van der Waals surface area contributed by atoms with Crippen molar-refractivity contribution in [2.75, 3.05) is 19.8 Å². The molecule has 2 aliphatic rings. The van der Waals surface area contributed by atoms with Crippen molar-refractivity contribution in [2.24, 2.45) is 5.92 Å². The number of carbonyl (C=O) groups is 1. The molecule has 1 aromatic rings. The maximum Gasteiger partial charge on any atom is 0.254 e. The molecule has 118 valence electrons. The molecule has 1 saturated heterocycles. The van der Waals surface area contributed by atoms with Gasteiger partial charge >= 0.3 is 0 Å². The van der Waals surface area contributed by atoms with E-state index in [2.05, 4.69) is 6.58 Å². The molecule has 2 fully saturated rings. The molecule has 0 N–H and O–H groups in total. The number of nitrogens with zero attached hydrogens (tertiary/aromatic N) is 1. The van der Waals surface area contributed by atoms with Crippen LogP contribution in [-0.4, -0.2) is 42.7 Å². The van der Waals surface area contributed by atoms with Gasteiger partial charge in [-0.15, -0.1) is 0 Å². The Balaban J connectivity index is 1.62. The highest BCUT2D eigenvalue weighted by atomic mass is 16.5. The van der Waals surface area contributed by atoms with Crippen LogP contribution in [0.25, 0.3) is 0 Å². The summed E-state index contributed by atoms with van der Waals surface area (Å²) in [5, 5.41) is 0. The average molecular weight is 301 g/mol. The number of hydrogen-bond acceptors (Lipinski definition) is 3.